The van der Waals surface area contributed by atoms with Crippen LogP contribution in [0.25, 0.3) is 0 Å². The van der Waals surface area contributed by atoms with Crippen LogP contribution in [-0.4, -0.2) is 35.2 Å². The molecule has 2 N–H and O–H groups in total. The van der Waals surface area contributed by atoms with Crippen molar-refractivity contribution in [1.29, 1.82) is 0 Å². The molecule has 21 heavy (non-hydrogen) atoms. The zero-order valence-electron chi connectivity index (χ0n) is 12.9. The van der Waals surface area contributed by atoms with Crippen molar-refractivity contribution in [1.82, 2.24) is 5.32 Å². The van der Waals surface area contributed by atoms with Crippen molar-refractivity contribution in [2.45, 2.75) is 58.3 Å². The molecule has 0 aromatic carbocycles. The monoisotopic (exact) mass is 295 g/mol. The van der Waals surface area contributed by atoms with Crippen molar-refractivity contribution < 1.29 is 19.4 Å². The average Bonchev–Trinajstić information content (AvgIpc) is 2.97. The lowest BCUT2D eigenvalue weighted by Gasteiger charge is -2.23. The Kier molecular flexibility index (Phi) is 5.04. The van der Waals surface area contributed by atoms with E-state index in [0.29, 0.717) is 5.92 Å². The molecule has 1 saturated heterocycles. The molecule has 0 radical (unpaired) electrons. The van der Waals surface area contributed by atoms with Crippen molar-refractivity contribution in [3.05, 3.63) is 12.2 Å². The fourth-order valence-electron chi connectivity index (χ4n) is 3.16. The van der Waals surface area contributed by atoms with E-state index < -0.39 is 23.9 Å². The van der Waals surface area contributed by atoms with Crippen LogP contribution in [0.5, 0.6) is 0 Å². The molecule has 2 heterocycles. The maximum atomic E-state index is 12.4. The number of ether oxygens (including phenoxy) is 1. The van der Waals surface area contributed by atoms with Gasteiger partial charge in [-0.05, 0) is 19.3 Å². The number of aliphatic carboxylic acids is 1. The first-order valence-electron chi connectivity index (χ1n) is 7.77. The van der Waals surface area contributed by atoms with E-state index in [9.17, 15) is 14.7 Å². The predicted molar refractivity (Wildman–Crippen MR) is 78.7 cm³/mol. The topological polar surface area (TPSA) is 75.6 Å². The zero-order chi connectivity index (χ0) is 15.6. The van der Waals surface area contributed by atoms with Gasteiger partial charge in [0.1, 0.15) is 5.92 Å². The number of amides is 1. The van der Waals surface area contributed by atoms with E-state index in [1.54, 1.807) is 12.2 Å². The highest BCUT2D eigenvalue weighted by atomic mass is 16.5. The molecule has 2 rings (SSSR count). The number of nitrogens with one attached hydrogen (secondary N) is 1. The van der Waals surface area contributed by atoms with Gasteiger partial charge < -0.3 is 15.2 Å². The highest BCUT2D eigenvalue weighted by Gasteiger charge is 2.53. The molecule has 0 saturated carbocycles. The summed E-state index contributed by atoms with van der Waals surface area (Å²) in [7, 11) is 0. The second kappa shape index (κ2) is 6.60. The van der Waals surface area contributed by atoms with Gasteiger partial charge in [0.15, 0.2) is 0 Å². The Hall–Kier alpha value is -1.36. The van der Waals surface area contributed by atoms with Gasteiger partial charge in [0.2, 0.25) is 5.91 Å². The summed E-state index contributed by atoms with van der Waals surface area (Å²) in [4.78, 5) is 23.7. The van der Waals surface area contributed by atoms with Crippen LogP contribution in [0.2, 0.25) is 0 Å². The normalized spacial score (nSPS) is 31.6. The molecule has 118 valence electrons. The largest absolute Gasteiger partial charge is 0.481 e. The molecule has 0 spiro atoms. The maximum absolute atomic E-state index is 12.4. The highest BCUT2D eigenvalue weighted by Crippen LogP contribution is 2.39. The Balaban J connectivity index is 1.88. The summed E-state index contributed by atoms with van der Waals surface area (Å²) >= 11 is 0. The van der Waals surface area contributed by atoms with E-state index in [4.69, 9.17) is 4.74 Å². The summed E-state index contributed by atoms with van der Waals surface area (Å²) in [6, 6.07) is 0.0637. The van der Waals surface area contributed by atoms with Gasteiger partial charge in [-0.1, -0.05) is 38.8 Å². The summed E-state index contributed by atoms with van der Waals surface area (Å²) in [6.45, 7) is 6.33. The van der Waals surface area contributed by atoms with E-state index in [2.05, 4.69) is 19.2 Å². The summed E-state index contributed by atoms with van der Waals surface area (Å²) in [6.07, 6.45) is 5.82. The Labute approximate surface area is 125 Å². The third kappa shape index (κ3) is 3.64. The van der Waals surface area contributed by atoms with Crippen LogP contribution in [0, 0.1) is 17.8 Å². The molecule has 0 aliphatic carbocycles. The van der Waals surface area contributed by atoms with Gasteiger partial charge in [-0.25, -0.2) is 0 Å². The lowest BCUT2D eigenvalue weighted by Crippen LogP contribution is -2.45. The van der Waals surface area contributed by atoms with Gasteiger partial charge in [0, 0.05) is 6.04 Å². The Morgan fingerprint density at radius 1 is 1.14 bits per heavy atom. The van der Waals surface area contributed by atoms with Gasteiger partial charge >= 0.3 is 5.97 Å². The number of carbonyl (C=O) groups is 2. The van der Waals surface area contributed by atoms with E-state index in [-0.39, 0.29) is 18.1 Å². The summed E-state index contributed by atoms with van der Waals surface area (Å²) in [5, 5.41) is 12.2. The molecular weight excluding hydrogens is 270 g/mol. The first kappa shape index (κ1) is 16.0. The molecule has 5 nitrogen and oxygen atoms in total. The van der Waals surface area contributed by atoms with Crippen LogP contribution in [0.3, 0.4) is 0 Å². The number of carbonyl (C=O) groups excluding carboxylic acids is 1. The minimum Gasteiger partial charge on any atom is -0.481 e. The summed E-state index contributed by atoms with van der Waals surface area (Å²) < 4.78 is 5.52. The number of fused-ring (bicyclic) bond motifs is 2. The standard InChI is InChI=1S/C16H25NO4/c1-9(2)5-4-6-10(3)17-15(18)13-11-7-8-12(21-11)14(13)16(19)20/h7-14H,4-6H2,1-3H3,(H,17,18)(H,19,20)/t10-,11+,12+,13-,14+/m1/s1. The minimum atomic E-state index is -0.959. The van der Waals surface area contributed by atoms with Crippen molar-refractivity contribution in [3.8, 4) is 0 Å². The van der Waals surface area contributed by atoms with Gasteiger partial charge in [-0.3, -0.25) is 9.59 Å². The number of hydrogen-bond acceptors (Lipinski definition) is 3. The Morgan fingerprint density at radius 2 is 1.76 bits per heavy atom. The van der Waals surface area contributed by atoms with Gasteiger partial charge in [0.25, 0.3) is 0 Å². The van der Waals surface area contributed by atoms with Crippen LogP contribution >= 0.6 is 0 Å². The third-order valence-electron chi connectivity index (χ3n) is 4.29. The van der Waals surface area contributed by atoms with E-state index in [0.717, 1.165) is 19.3 Å². The van der Waals surface area contributed by atoms with Crippen molar-refractivity contribution in [2.75, 3.05) is 0 Å². The summed E-state index contributed by atoms with van der Waals surface area (Å²) in [5.41, 5.74) is 0. The first-order valence-corrected chi connectivity index (χ1v) is 7.77. The fraction of sp³-hybridized carbons (Fsp3) is 0.750. The first-order chi connectivity index (χ1) is 9.90. The molecule has 5 heteroatoms. The molecule has 1 amide bonds. The van der Waals surface area contributed by atoms with E-state index in [1.807, 2.05) is 6.92 Å². The number of rotatable bonds is 7. The zero-order valence-corrected chi connectivity index (χ0v) is 12.9. The second-order valence-electron chi connectivity index (χ2n) is 6.57. The maximum Gasteiger partial charge on any atom is 0.310 e. The summed E-state index contributed by atoms with van der Waals surface area (Å²) in [5.74, 6) is -1.86. The van der Waals surface area contributed by atoms with E-state index in [1.165, 1.54) is 0 Å². The number of carboxylic acid groups (broad SMARTS) is 1. The van der Waals surface area contributed by atoms with Crippen LogP contribution in [-0.2, 0) is 14.3 Å². The molecule has 0 aromatic rings. The molecule has 0 aromatic heterocycles. The lowest BCUT2D eigenvalue weighted by atomic mass is 9.82. The van der Waals surface area contributed by atoms with Gasteiger partial charge in [-0.2, -0.15) is 0 Å². The third-order valence-corrected chi connectivity index (χ3v) is 4.29. The Bertz CT molecular complexity index is 432. The second-order valence-corrected chi connectivity index (χ2v) is 6.57. The van der Waals surface area contributed by atoms with E-state index >= 15 is 0 Å². The van der Waals surface area contributed by atoms with Crippen molar-refractivity contribution >= 4 is 11.9 Å². The van der Waals surface area contributed by atoms with Crippen molar-refractivity contribution in [3.63, 3.8) is 0 Å². The van der Waals surface area contributed by atoms with Crippen LogP contribution in [0.1, 0.15) is 40.0 Å². The predicted octanol–water partition coefficient (Wildman–Crippen LogP) is 1.97. The number of hydrogen-bond donors (Lipinski definition) is 2. The fourth-order valence-corrected chi connectivity index (χ4v) is 3.16. The highest BCUT2D eigenvalue weighted by molar-refractivity contribution is 5.87. The number of carboxylic acids is 1. The van der Waals surface area contributed by atoms with Crippen LogP contribution < -0.4 is 5.32 Å². The van der Waals surface area contributed by atoms with Crippen LogP contribution in [0.15, 0.2) is 12.2 Å². The quantitative estimate of drug-likeness (QED) is 0.704. The molecule has 5 atom stereocenters. The van der Waals surface area contributed by atoms with Crippen molar-refractivity contribution in [2.24, 2.45) is 17.8 Å². The molecule has 2 aliphatic heterocycles. The lowest BCUT2D eigenvalue weighted by molar-refractivity contribution is -0.146. The van der Waals surface area contributed by atoms with Crippen LogP contribution in [0.4, 0.5) is 0 Å². The SMILES string of the molecule is CC(C)CCC[C@@H](C)NC(=O)[C@H]1[C@@H](C(=O)O)[C@@H]2C=C[C@@H]1O2. The van der Waals surface area contributed by atoms with Gasteiger partial charge in [0.05, 0.1) is 18.1 Å². The average molecular weight is 295 g/mol. The van der Waals surface area contributed by atoms with Gasteiger partial charge in [-0.15, -0.1) is 0 Å². The Morgan fingerprint density at radius 3 is 2.33 bits per heavy atom. The molecular formula is C16H25NO4. The minimum absolute atomic E-state index is 0.0637. The smallest absolute Gasteiger partial charge is 0.310 e. The molecule has 2 bridgehead atoms. The molecule has 1 fully saturated rings. The molecule has 2 aliphatic rings. The molecule has 0 unspecified atom stereocenters.